The number of carboxylic acids is 1. The van der Waals surface area contributed by atoms with Gasteiger partial charge in [0.1, 0.15) is 5.75 Å². The van der Waals surface area contributed by atoms with E-state index in [0.717, 1.165) is 23.5 Å². The first kappa shape index (κ1) is 15.5. The Kier molecular flexibility index (Phi) is 5.33. The van der Waals surface area contributed by atoms with Crippen molar-refractivity contribution in [2.24, 2.45) is 5.92 Å². The number of carbonyl (C=O) groups is 1. The van der Waals surface area contributed by atoms with Gasteiger partial charge in [-0.2, -0.15) is 0 Å². The van der Waals surface area contributed by atoms with E-state index in [9.17, 15) is 4.79 Å². The smallest absolute Gasteiger partial charge is 0.335 e. The number of ether oxygens (including phenoxy) is 1. The lowest BCUT2D eigenvalue weighted by Gasteiger charge is -2.05. The molecule has 0 bridgehead atoms. The first-order chi connectivity index (χ1) is 10.0. The second-order valence-corrected chi connectivity index (χ2v) is 6.20. The fourth-order valence-electron chi connectivity index (χ4n) is 1.90. The van der Waals surface area contributed by atoms with Crippen LogP contribution in [0.3, 0.4) is 0 Å². The van der Waals surface area contributed by atoms with Crippen LogP contribution in [0.1, 0.15) is 34.9 Å². The molecular weight excluding hydrogens is 286 g/mol. The Bertz CT molecular complexity index is 607. The lowest BCUT2D eigenvalue weighted by atomic mass is 10.1. The van der Waals surface area contributed by atoms with E-state index in [-0.39, 0.29) is 5.56 Å². The van der Waals surface area contributed by atoms with Gasteiger partial charge in [-0.15, -0.1) is 11.3 Å². The first-order valence-corrected chi connectivity index (χ1v) is 7.82. The van der Waals surface area contributed by atoms with Gasteiger partial charge in [0.15, 0.2) is 0 Å². The summed E-state index contributed by atoms with van der Waals surface area (Å²) in [7, 11) is 0. The van der Waals surface area contributed by atoms with Gasteiger partial charge in [0, 0.05) is 18.2 Å². The van der Waals surface area contributed by atoms with Gasteiger partial charge in [-0.3, -0.25) is 0 Å². The quantitative estimate of drug-likeness (QED) is 0.848. The summed E-state index contributed by atoms with van der Waals surface area (Å²) >= 11 is 1.69. The highest BCUT2D eigenvalue weighted by Gasteiger charge is 2.06. The first-order valence-electron chi connectivity index (χ1n) is 6.94. The number of aromatic nitrogens is 1. The highest BCUT2D eigenvalue weighted by atomic mass is 32.1. The molecule has 1 heterocycles. The van der Waals surface area contributed by atoms with Crippen molar-refractivity contribution in [3.05, 3.63) is 45.9 Å². The Morgan fingerprint density at radius 2 is 2.24 bits per heavy atom. The molecule has 2 rings (SSSR count). The largest absolute Gasteiger partial charge is 0.493 e. The highest BCUT2D eigenvalue weighted by Crippen LogP contribution is 2.16. The Morgan fingerprint density at radius 3 is 2.95 bits per heavy atom. The second kappa shape index (κ2) is 7.22. The normalized spacial score (nSPS) is 10.8. The molecule has 0 aliphatic heterocycles. The molecule has 4 nitrogen and oxygen atoms in total. The fraction of sp³-hybridized carbons (Fsp3) is 0.375. The monoisotopic (exact) mass is 305 g/mol. The topological polar surface area (TPSA) is 59.4 Å². The predicted octanol–water partition coefficient (Wildman–Crippen LogP) is 3.66. The molecule has 21 heavy (non-hydrogen) atoms. The molecule has 112 valence electrons. The average molecular weight is 305 g/mol. The Hall–Kier alpha value is -1.88. The zero-order valence-corrected chi connectivity index (χ0v) is 13.0. The van der Waals surface area contributed by atoms with Gasteiger partial charge < -0.3 is 9.84 Å². The molecule has 0 fully saturated rings. The minimum atomic E-state index is -0.946. The average Bonchev–Trinajstić information content (AvgIpc) is 2.86. The van der Waals surface area contributed by atoms with E-state index in [0.29, 0.717) is 18.3 Å². The van der Waals surface area contributed by atoms with E-state index in [2.05, 4.69) is 24.2 Å². The molecule has 0 saturated carbocycles. The van der Waals surface area contributed by atoms with Crippen molar-refractivity contribution in [3.8, 4) is 5.75 Å². The van der Waals surface area contributed by atoms with Crippen LogP contribution in [0.25, 0.3) is 0 Å². The number of hydrogen-bond donors (Lipinski definition) is 1. The Balaban J connectivity index is 1.85. The molecule has 0 aliphatic rings. The van der Waals surface area contributed by atoms with Gasteiger partial charge in [0.2, 0.25) is 0 Å². The maximum absolute atomic E-state index is 10.9. The summed E-state index contributed by atoms with van der Waals surface area (Å²) in [5, 5.41) is 12.1. The lowest BCUT2D eigenvalue weighted by molar-refractivity contribution is 0.0696. The zero-order chi connectivity index (χ0) is 15.2. The zero-order valence-electron chi connectivity index (χ0n) is 12.2. The lowest BCUT2D eigenvalue weighted by Crippen LogP contribution is -2.03. The molecule has 0 amide bonds. The van der Waals surface area contributed by atoms with Crippen LogP contribution in [0, 0.1) is 5.92 Å². The molecular formula is C16H19NO3S. The summed E-state index contributed by atoms with van der Waals surface area (Å²) in [6, 6.07) is 6.53. The minimum Gasteiger partial charge on any atom is -0.493 e. The molecule has 0 unspecified atom stereocenters. The van der Waals surface area contributed by atoms with Gasteiger partial charge >= 0.3 is 5.97 Å². The Labute approximate surface area is 128 Å². The summed E-state index contributed by atoms with van der Waals surface area (Å²) < 4.78 is 5.59. The van der Waals surface area contributed by atoms with Crippen molar-refractivity contribution >= 4 is 17.3 Å². The van der Waals surface area contributed by atoms with Crippen LogP contribution < -0.4 is 4.74 Å². The fourth-order valence-corrected chi connectivity index (χ4v) is 2.94. The number of rotatable bonds is 7. The van der Waals surface area contributed by atoms with E-state index in [1.54, 1.807) is 29.5 Å². The summed E-state index contributed by atoms with van der Waals surface area (Å²) in [6.45, 7) is 4.85. The van der Waals surface area contributed by atoms with Crippen molar-refractivity contribution in [1.82, 2.24) is 4.98 Å². The number of thiazole rings is 1. The van der Waals surface area contributed by atoms with Crippen molar-refractivity contribution in [2.45, 2.75) is 26.7 Å². The van der Waals surface area contributed by atoms with E-state index >= 15 is 0 Å². The molecule has 0 radical (unpaired) electrons. The van der Waals surface area contributed by atoms with E-state index < -0.39 is 5.97 Å². The van der Waals surface area contributed by atoms with E-state index in [1.165, 1.54) is 6.07 Å². The highest BCUT2D eigenvalue weighted by molar-refractivity contribution is 7.09. The number of benzene rings is 1. The molecule has 0 atom stereocenters. The van der Waals surface area contributed by atoms with Crippen molar-refractivity contribution in [1.29, 1.82) is 0 Å². The van der Waals surface area contributed by atoms with E-state index in [4.69, 9.17) is 9.84 Å². The summed E-state index contributed by atoms with van der Waals surface area (Å²) in [6.07, 6.45) is 1.73. The molecule has 1 aromatic heterocycles. The molecule has 0 saturated heterocycles. The maximum atomic E-state index is 10.9. The number of aromatic carboxylic acids is 1. The SMILES string of the molecule is CC(C)Cc1nc(CCOc2cccc(C(=O)O)c2)cs1. The van der Waals surface area contributed by atoms with Crippen LogP contribution >= 0.6 is 11.3 Å². The van der Waals surface area contributed by atoms with Crippen LogP contribution in [0.5, 0.6) is 5.75 Å². The molecule has 0 aliphatic carbocycles. The van der Waals surface area contributed by atoms with Crippen LogP contribution in [-0.4, -0.2) is 22.7 Å². The van der Waals surface area contributed by atoms with Gasteiger partial charge in [0.05, 0.1) is 22.9 Å². The maximum Gasteiger partial charge on any atom is 0.335 e. The summed E-state index contributed by atoms with van der Waals surface area (Å²) in [5.41, 5.74) is 1.27. The standard InChI is InChI=1S/C16H19NO3S/c1-11(2)8-15-17-13(10-21-15)6-7-20-14-5-3-4-12(9-14)16(18)19/h3-5,9-11H,6-8H2,1-2H3,(H,18,19). The summed E-state index contributed by atoms with van der Waals surface area (Å²) in [5.74, 6) is 0.241. The Morgan fingerprint density at radius 1 is 1.43 bits per heavy atom. The molecule has 0 spiro atoms. The third-order valence-corrected chi connectivity index (χ3v) is 3.81. The van der Waals surface area contributed by atoms with Crippen molar-refractivity contribution < 1.29 is 14.6 Å². The predicted molar refractivity (Wildman–Crippen MR) is 83.3 cm³/mol. The summed E-state index contributed by atoms with van der Waals surface area (Å²) in [4.78, 5) is 15.4. The van der Waals surface area contributed by atoms with Gasteiger partial charge in [-0.25, -0.2) is 9.78 Å². The molecule has 1 N–H and O–H groups in total. The molecule has 2 aromatic rings. The van der Waals surface area contributed by atoms with Gasteiger partial charge in [0.25, 0.3) is 0 Å². The van der Waals surface area contributed by atoms with Crippen molar-refractivity contribution in [3.63, 3.8) is 0 Å². The second-order valence-electron chi connectivity index (χ2n) is 5.26. The van der Waals surface area contributed by atoms with Gasteiger partial charge in [-0.1, -0.05) is 19.9 Å². The third kappa shape index (κ3) is 4.86. The number of nitrogens with zero attached hydrogens (tertiary/aromatic N) is 1. The van der Waals surface area contributed by atoms with Crippen LogP contribution in [-0.2, 0) is 12.8 Å². The van der Waals surface area contributed by atoms with Gasteiger partial charge in [-0.05, 0) is 24.1 Å². The minimum absolute atomic E-state index is 0.236. The number of hydrogen-bond acceptors (Lipinski definition) is 4. The van der Waals surface area contributed by atoms with Crippen LogP contribution in [0.15, 0.2) is 29.6 Å². The van der Waals surface area contributed by atoms with Crippen LogP contribution in [0.2, 0.25) is 0 Å². The van der Waals surface area contributed by atoms with Crippen molar-refractivity contribution in [2.75, 3.05) is 6.61 Å². The molecule has 5 heteroatoms. The van der Waals surface area contributed by atoms with E-state index in [1.807, 2.05) is 0 Å². The third-order valence-electron chi connectivity index (χ3n) is 2.89. The van der Waals surface area contributed by atoms with Crippen LogP contribution in [0.4, 0.5) is 0 Å². The number of carboxylic acid groups (broad SMARTS) is 1. The molecule has 1 aromatic carbocycles.